The summed E-state index contributed by atoms with van der Waals surface area (Å²) in [6.45, 7) is 3.30. The number of fused-ring (bicyclic) bond motifs is 1. The Balaban J connectivity index is 1.50. The molecule has 1 aliphatic heterocycles. The maximum Gasteiger partial charge on any atom is 0.339 e. The summed E-state index contributed by atoms with van der Waals surface area (Å²) in [5.74, 6) is 0.630. The van der Waals surface area contributed by atoms with E-state index in [0.717, 1.165) is 24.1 Å². The normalized spacial score (nSPS) is 18.4. The quantitative estimate of drug-likeness (QED) is 0.685. The van der Waals surface area contributed by atoms with Crippen molar-refractivity contribution in [1.82, 2.24) is 14.5 Å². The minimum Gasteiger partial charge on any atom is -0.459 e. The van der Waals surface area contributed by atoms with Crippen molar-refractivity contribution in [2.75, 3.05) is 13.2 Å². The van der Waals surface area contributed by atoms with Gasteiger partial charge in [0.25, 0.3) is 0 Å². The van der Waals surface area contributed by atoms with Gasteiger partial charge in [0.2, 0.25) is 0 Å². The van der Waals surface area contributed by atoms with Gasteiger partial charge in [-0.2, -0.15) is 0 Å². The second-order valence-electron chi connectivity index (χ2n) is 6.24. The molecule has 0 bridgehead atoms. The molecular weight excluding hydrogens is 318 g/mol. The van der Waals surface area contributed by atoms with Crippen LogP contribution in [0.1, 0.15) is 23.7 Å². The van der Waals surface area contributed by atoms with Crippen molar-refractivity contribution in [3.63, 3.8) is 0 Å². The molecule has 3 heterocycles. The van der Waals surface area contributed by atoms with Gasteiger partial charge in [0.15, 0.2) is 0 Å². The average Bonchev–Trinajstić information content (AvgIpc) is 3.32. The number of esters is 1. The highest BCUT2D eigenvalue weighted by Crippen LogP contribution is 2.20. The molecule has 2 aromatic heterocycles. The van der Waals surface area contributed by atoms with Gasteiger partial charge in [-0.1, -0.05) is 12.1 Å². The first kappa shape index (κ1) is 15.8. The topological polar surface area (TPSA) is 66.2 Å². The van der Waals surface area contributed by atoms with E-state index >= 15 is 0 Å². The van der Waals surface area contributed by atoms with Crippen LogP contribution in [0.2, 0.25) is 0 Å². The van der Waals surface area contributed by atoms with E-state index in [9.17, 15) is 4.79 Å². The molecule has 128 valence electrons. The number of ether oxygens (including phenoxy) is 2. The van der Waals surface area contributed by atoms with E-state index in [-0.39, 0.29) is 18.0 Å². The lowest BCUT2D eigenvalue weighted by Crippen LogP contribution is -2.24. The highest BCUT2D eigenvalue weighted by Gasteiger charge is 2.25. The second kappa shape index (κ2) is 6.64. The Hall–Kier alpha value is -2.73. The zero-order valence-electron chi connectivity index (χ0n) is 14.0. The first-order valence-electron chi connectivity index (χ1n) is 8.39. The van der Waals surface area contributed by atoms with E-state index in [0.29, 0.717) is 18.0 Å². The van der Waals surface area contributed by atoms with Gasteiger partial charge in [-0.25, -0.2) is 14.8 Å². The SMILES string of the molecule is C[C@H](OC(=O)c1ccc(-n2cnc3ccccc32)nc1)[C@@H]1CCOC1. The fourth-order valence-electron chi connectivity index (χ4n) is 3.05. The molecule has 2 atom stereocenters. The summed E-state index contributed by atoms with van der Waals surface area (Å²) in [5.41, 5.74) is 2.32. The molecule has 0 amide bonds. The van der Waals surface area contributed by atoms with Gasteiger partial charge in [0, 0.05) is 18.7 Å². The number of carbonyl (C=O) groups excluding carboxylic acids is 1. The first-order valence-corrected chi connectivity index (χ1v) is 8.39. The molecule has 6 heteroatoms. The fourth-order valence-corrected chi connectivity index (χ4v) is 3.05. The Morgan fingerprint density at radius 3 is 2.92 bits per heavy atom. The van der Waals surface area contributed by atoms with Crippen LogP contribution in [0, 0.1) is 5.92 Å². The average molecular weight is 337 g/mol. The third kappa shape index (κ3) is 3.13. The molecule has 0 radical (unpaired) electrons. The maximum atomic E-state index is 12.3. The minimum absolute atomic E-state index is 0.160. The zero-order valence-corrected chi connectivity index (χ0v) is 14.0. The van der Waals surface area contributed by atoms with Crippen LogP contribution < -0.4 is 0 Å². The highest BCUT2D eigenvalue weighted by molar-refractivity contribution is 5.89. The number of carbonyl (C=O) groups is 1. The number of benzene rings is 1. The van der Waals surface area contributed by atoms with Crippen LogP contribution in [-0.4, -0.2) is 39.8 Å². The molecule has 0 unspecified atom stereocenters. The molecule has 1 fully saturated rings. The van der Waals surface area contributed by atoms with Crippen LogP contribution in [0.5, 0.6) is 0 Å². The Morgan fingerprint density at radius 1 is 1.28 bits per heavy atom. The predicted molar refractivity (Wildman–Crippen MR) is 92.7 cm³/mol. The van der Waals surface area contributed by atoms with Gasteiger partial charge in [0.1, 0.15) is 18.2 Å². The van der Waals surface area contributed by atoms with E-state index in [1.54, 1.807) is 24.7 Å². The van der Waals surface area contributed by atoms with Crippen molar-refractivity contribution in [3.05, 3.63) is 54.5 Å². The summed E-state index contributed by atoms with van der Waals surface area (Å²) in [6, 6.07) is 11.4. The van der Waals surface area contributed by atoms with Crippen molar-refractivity contribution in [3.8, 4) is 5.82 Å². The van der Waals surface area contributed by atoms with E-state index in [1.807, 2.05) is 35.8 Å². The van der Waals surface area contributed by atoms with E-state index < -0.39 is 0 Å². The number of hydrogen-bond donors (Lipinski definition) is 0. The van der Waals surface area contributed by atoms with Crippen molar-refractivity contribution in [2.45, 2.75) is 19.4 Å². The summed E-state index contributed by atoms with van der Waals surface area (Å²) in [6.07, 6.45) is 4.05. The largest absolute Gasteiger partial charge is 0.459 e. The predicted octanol–water partition coefficient (Wildman–Crippen LogP) is 3.00. The van der Waals surface area contributed by atoms with Crippen LogP contribution in [0.25, 0.3) is 16.9 Å². The van der Waals surface area contributed by atoms with Gasteiger partial charge >= 0.3 is 5.97 Å². The van der Waals surface area contributed by atoms with Gasteiger partial charge in [-0.3, -0.25) is 4.57 Å². The number of nitrogens with zero attached hydrogens (tertiary/aromatic N) is 3. The molecule has 1 aromatic carbocycles. The Bertz CT molecular complexity index is 882. The lowest BCUT2D eigenvalue weighted by atomic mass is 10.0. The number of hydrogen-bond acceptors (Lipinski definition) is 5. The Kier molecular flexibility index (Phi) is 4.19. The van der Waals surface area contributed by atoms with Crippen LogP contribution in [0.15, 0.2) is 48.9 Å². The smallest absolute Gasteiger partial charge is 0.339 e. The summed E-state index contributed by atoms with van der Waals surface area (Å²) >= 11 is 0. The number of rotatable bonds is 4. The van der Waals surface area contributed by atoms with Crippen molar-refractivity contribution >= 4 is 17.0 Å². The third-order valence-corrected chi connectivity index (χ3v) is 4.61. The molecule has 0 spiro atoms. The summed E-state index contributed by atoms with van der Waals surface area (Å²) in [4.78, 5) is 21.0. The summed E-state index contributed by atoms with van der Waals surface area (Å²) < 4.78 is 12.8. The van der Waals surface area contributed by atoms with Crippen molar-refractivity contribution < 1.29 is 14.3 Å². The molecule has 1 aliphatic rings. The van der Waals surface area contributed by atoms with Crippen LogP contribution >= 0.6 is 0 Å². The molecule has 0 aliphatic carbocycles. The van der Waals surface area contributed by atoms with Gasteiger partial charge in [-0.15, -0.1) is 0 Å². The standard InChI is InChI=1S/C19H19N3O3/c1-13(15-8-9-24-11-15)25-19(23)14-6-7-18(20-10-14)22-12-21-16-4-2-3-5-17(16)22/h2-7,10,12-13,15H,8-9,11H2,1H3/t13-,15+/m0/s1. The van der Waals surface area contributed by atoms with Crippen LogP contribution in [-0.2, 0) is 9.47 Å². The van der Waals surface area contributed by atoms with Crippen molar-refractivity contribution in [1.29, 1.82) is 0 Å². The molecule has 4 rings (SSSR count). The Labute approximate surface area is 145 Å². The maximum absolute atomic E-state index is 12.3. The second-order valence-corrected chi connectivity index (χ2v) is 6.24. The molecular formula is C19H19N3O3. The minimum atomic E-state index is -0.353. The number of pyridine rings is 1. The lowest BCUT2D eigenvalue weighted by molar-refractivity contribution is 0.0179. The van der Waals surface area contributed by atoms with Gasteiger partial charge < -0.3 is 9.47 Å². The molecule has 25 heavy (non-hydrogen) atoms. The van der Waals surface area contributed by atoms with Gasteiger partial charge in [0.05, 0.1) is 23.2 Å². The molecule has 1 saturated heterocycles. The number of para-hydroxylation sites is 2. The number of imidazole rings is 1. The zero-order chi connectivity index (χ0) is 17.2. The van der Waals surface area contributed by atoms with Crippen LogP contribution in [0.3, 0.4) is 0 Å². The Morgan fingerprint density at radius 2 is 2.16 bits per heavy atom. The third-order valence-electron chi connectivity index (χ3n) is 4.61. The van der Waals surface area contributed by atoms with Gasteiger partial charge in [-0.05, 0) is 37.6 Å². The van der Waals surface area contributed by atoms with E-state index in [4.69, 9.17) is 9.47 Å². The summed E-state index contributed by atoms with van der Waals surface area (Å²) in [7, 11) is 0. The first-order chi connectivity index (χ1) is 12.2. The molecule has 6 nitrogen and oxygen atoms in total. The van der Waals surface area contributed by atoms with E-state index in [2.05, 4.69) is 9.97 Å². The summed E-state index contributed by atoms with van der Waals surface area (Å²) in [5, 5.41) is 0. The fraction of sp³-hybridized carbons (Fsp3) is 0.316. The van der Waals surface area contributed by atoms with Crippen molar-refractivity contribution in [2.24, 2.45) is 5.92 Å². The van der Waals surface area contributed by atoms with E-state index in [1.165, 1.54) is 0 Å². The molecule has 3 aromatic rings. The molecule has 0 saturated carbocycles. The van der Waals surface area contributed by atoms with Crippen LogP contribution in [0.4, 0.5) is 0 Å². The highest BCUT2D eigenvalue weighted by atomic mass is 16.5. The monoisotopic (exact) mass is 337 g/mol. The number of aromatic nitrogens is 3. The lowest BCUT2D eigenvalue weighted by Gasteiger charge is -2.18. The molecule has 0 N–H and O–H groups in total.